The zero-order chi connectivity index (χ0) is 21.9. The molecule has 8 heteroatoms. The van der Waals surface area contributed by atoms with Gasteiger partial charge in [-0.1, -0.05) is 65.8 Å². The van der Waals surface area contributed by atoms with Crippen LogP contribution in [0.1, 0.15) is 17.4 Å². The van der Waals surface area contributed by atoms with Crippen LogP contribution in [0.15, 0.2) is 82.8 Å². The summed E-state index contributed by atoms with van der Waals surface area (Å²) < 4.78 is 6.35. The molecule has 0 radical (unpaired) electrons. The SMILES string of the molecule is CSc1ccc([C@@H]2Nc3ccccc3-c3nnc(SCc4ccc(Cl)cc4)nc3O2)cc1. The maximum Gasteiger partial charge on any atom is 0.247 e. The molecule has 1 N–H and O–H groups in total. The minimum atomic E-state index is -0.390. The van der Waals surface area contributed by atoms with Crippen molar-refractivity contribution in [3.63, 3.8) is 0 Å². The molecule has 0 unspecified atom stereocenters. The van der Waals surface area contributed by atoms with Crippen LogP contribution < -0.4 is 10.1 Å². The molecule has 2 heterocycles. The molecule has 0 amide bonds. The number of anilines is 1. The standard InChI is InChI=1S/C24H19ClN4OS2/c1-31-18-12-8-16(9-13-18)22-26-20-5-3-2-4-19(20)21-23(30-22)27-24(29-28-21)32-14-15-6-10-17(25)11-7-15/h2-13,22,26H,14H2,1H3/t22-/m1/s1. The second kappa shape index (κ2) is 9.40. The molecule has 0 saturated heterocycles. The van der Waals surface area contributed by atoms with Gasteiger partial charge in [0.05, 0.1) is 0 Å². The molecular weight excluding hydrogens is 460 g/mol. The number of nitrogens with zero attached hydrogens (tertiary/aromatic N) is 3. The molecule has 0 spiro atoms. The van der Waals surface area contributed by atoms with Gasteiger partial charge in [0.2, 0.25) is 11.0 Å². The maximum atomic E-state index is 6.35. The van der Waals surface area contributed by atoms with Gasteiger partial charge in [0.15, 0.2) is 11.9 Å². The van der Waals surface area contributed by atoms with E-state index in [-0.39, 0.29) is 6.23 Å². The number of ether oxygens (including phenoxy) is 1. The number of hydrogen-bond acceptors (Lipinski definition) is 7. The van der Waals surface area contributed by atoms with E-state index >= 15 is 0 Å². The maximum absolute atomic E-state index is 6.35. The number of benzene rings is 3. The minimum Gasteiger partial charge on any atom is -0.448 e. The summed E-state index contributed by atoms with van der Waals surface area (Å²) in [6, 6.07) is 24.1. The average molecular weight is 479 g/mol. The van der Waals surface area contributed by atoms with Gasteiger partial charge in [0.1, 0.15) is 0 Å². The van der Waals surface area contributed by atoms with E-state index in [4.69, 9.17) is 21.3 Å². The van der Waals surface area contributed by atoms with E-state index in [1.165, 1.54) is 16.7 Å². The van der Waals surface area contributed by atoms with Crippen LogP contribution in [0.5, 0.6) is 5.88 Å². The minimum absolute atomic E-state index is 0.390. The average Bonchev–Trinajstić information content (AvgIpc) is 3.00. The monoisotopic (exact) mass is 478 g/mol. The van der Waals surface area contributed by atoms with Crippen LogP contribution >= 0.6 is 35.1 Å². The summed E-state index contributed by atoms with van der Waals surface area (Å²) in [6.45, 7) is 0. The second-order valence-corrected chi connectivity index (χ2v) is 9.38. The first-order chi connectivity index (χ1) is 15.7. The largest absolute Gasteiger partial charge is 0.448 e. The van der Waals surface area contributed by atoms with E-state index in [9.17, 15) is 0 Å². The van der Waals surface area contributed by atoms with Crippen LogP contribution in [0.2, 0.25) is 5.02 Å². The summed E-state index contributed by atoms with van der Waals surface area (Å²) in [7, 11) is 0. The molecular formula is C24H19ClN4OS2. The smallest absolute Gasteiger partial charge is 0.247 e. The van der Waals surface area contributed by atoms with Crippen molar-refractivity contribution in [3.05, 3.63) is 88.9 Å². The van der Waals surface area contributed by atoms with Crippen molar-refractivity contribution >= 4 is 40.8 Å². The van der Waals surface area contributed by atoms with Crippen molar-refractivity contribution in [2.45, 2.75) is 22.0 Å². The van der Waals surface area contributed by atoms with Gasteiger partial charge in [-0.05, 0) is 42.2 Å². The van der Waals surface area contributed by atoms with Crippen LogP contribution in [0.4, 0.5) is 5.69 Å². The third-order valence-electron chi connectivity index (χ3n) is 5.03. The molecule has 1 atom stereocenters. The zero-order valence-electron chi connectivity index (χ0n) is 17.2. The Hall–Kier alpha value is -2.74. The Balaban J connectivity index is 1.46. The predicted octanol–water partition coefficient (Wildman–Crippen LogP) is 6.71. The van der Waals surface area contributed by atoms with Crippen LogP contribution in [-0.2, 0) is 5.75 Å². The van der Waals surface area contributed by atoms with E-state index in [1.54, 1.807) is 11.8 Å². The Morgan fingerprint density at radius 1 is 0.969 bits per heavy atom. The highest BCUT2D eigenvalue weighted by Crippen LogP contribution is 2.39. The highest BCUT2D eigenvalue weighted by Gasteiger charge is 2.26. The van der Waals surface area contributed by atoms with E-state index in [0.717, 1.165) is 27.4 Å². The number of hydrogen-bond donors (Lipinski definition) is 1. The summed E-state index contributed by atoms with van der Waals surface area (Å²) in [4.78, 5) is 5.91. The molecule has 5 rings (SSSR count). The molecule has 160 valence electrons. The Morgan fingerprint density at radius 2 is 1.75 bits per heavy atom. The number of aromatic nitrogens is 3. The number of halogens is 1. The fourth-order valence-electron chi connectivity index (χ4n) is 3.37. The zero-order valence-corrected chi connectivity index (χ0v) is 19.5. The number of rotatable bonds is 5. The molecule has 0 aliphatic carbocycles. The lowest BCUT2D eigenvalue weighted by Crippen LogP contribution is -2.17. The molecule has 32 heavy (non-hydrogen) atoms. The van der Waals surface area contributed by atoms with E-state index in [0.29, 0.717) is 22.5 Å². The Morgan fingerprint density at radius 3 is 2.53 bits per heavy atom. The van der Waals surface area contributed by atoms with E-state index in [2.05, 4.69) is 46.0 Å². The van der Waals surface area contributed by atoms with Gasteiger partial charge in [0.25, 0.3) is 0 Å². The molecule has 0 fully saturated rings. The normalized spacial score (nSPS) is 14.5. The highest BCUT2D eigenvalue weighted by molar-refractivity contribution is 7.98. The van der Waals surface area contributed by atoms with Crippen molar-refractivity contribution in [3.8, 4) is 17.1 Å². The molecule has 4 aromatic rings. The van der Waals surface area contributed by atoms with Gasteiger partial charge >= 0.3 is 0 Å². The van der Waals surface area contributed by atoms with Gasteiger partial charge in [-0.25, -0.2) is 0 Å². The van der Waals surface area contributed by atoms with Gasteiger partial charge in [0, 0.05) is 32.5 Å². The van der Waals surface area contributed by atoms with Crippen molar-refractivity contribution in [1.29, 1.82) is 0 Å². The van der Waals surface area contributed by atoms with Gasteiger partial charge in [-0.3, -0.25) is 0 Å². The fourth-order valence-corrected chi connectivity index (χ4v) is 4.63. The topological polar surface area (TPSA) is 59.9 Å². The Kier molecular flexibility index (Phi) is 6.21. The molecule has 0 bridgehead atoms. The van der Waals surface area contributed by atoms with Gasteiger partial charge in [-0.15, -0.1) is 22.0 Å². The summed E-state index contributed by atoms with van der Waals surface area (Å²) in [5.41, 5.74) is 4.63. The summed E-state index contributed by atoms with van der Waals surface area (Å²) in [6.07, 6.45) is 1.67. The number of fused-ring (bicyclic) bond motifs is 3. The summed E-state index contributed by atoms with van der Waals surface area (Å²) in [5.74, 6) is 1.18. The second-order valence-electron chi connectivity index (χ2n) is 7.12. The first-order valence-electron chi connectivity index (χ1n) is 9.98. The molecule has 0 saturated carbocycles. The number of thioether (sulfide) groups is 2. The Bertz CT molecular complexity index is 1240. The molecule has 3 aromatic carbocycles. The van der Waals surface area contributed by atoms with Crippen molar-refractivity contribution in [1.82, 2.24) is 15.2 Å². The quantitative estimate of drug-likeness (QED) is 0.320. The highest BCUT2D eigenvalue weighted by atomic mass is 35.5. The summed E-state index contributed by atoms with van der Waals surface area (Å²) >= 11 is 9.20. The van der Waals surface area contributed by atoms with E-state index < -0.39 is 0 Å². The number of para-hydroxylation sites is 1. The third-order valence-corrected chi connectivity index (χ3v) is 6.94. The van der Waals surface area contributed by atoms with Gasteiger partial charge < -0.3 is 10.1 Å². The predicted molar refractivity (Wildman–Crippen MR) is 131 cm³/mol. The molecule has 1 aliphatic heterocycles. The lowest BCUT2D eigenvalue weighted by Gasteiger charge is -2.19. The lowest BCUT2D eigenvalue weighted by molar-refractivity contribution is 0.225. The fraction of sp³-hybridized carbons (Fsp3) is 0.125. The van der Waals surface area contributed by atoms with Crippen molar-refractivity contribution in [2.24, 2.45) is 0 Å². The molecule has 1 aliphatic rings. The van der Waals surface area contributed by atoms with Crippen LogP contribution in [0, 0.1) is 0 Å². The van der Waals surface area contributed by atoms with Crippen LogP contribution in [0.3, 0.4) is 0 Å². The van der Waals surface area contributed by atoms with Crippen molar-refractivity contribution < 1.29 is 4.74 Å². The van der Waals surface area contributed by atoms with Crippen LogP contribution in [-0.4, -0.2) is 21.4 Å². The molecule has 1 aromatic heterocycles. The first kappa shape index (κ1) is 21.1. The Labute approximate surface area is 200 Å². The summed E-state index contributed by atoms with van der Waals surface area (Å²) in [5, 5.41) is 13.6. The van der Waals surface area contributed by atoms with Gasteiger partial charge in [-0.2, -0.15) is 4.98 Å². The van der Waals surface area contributed by atoms with Crippen LogP contribution in [0.25, 0.3) is 11.3 Å². The lowest BCUT2D eigenvalue weighted by atomic mass is 10.1. The molecule has 5 nitrogen and oxygen atoms in total. The van der Waals surface area contributed by atoms with E-state index in [1.807, 2.05) is 48.5 Å². The number of nitrogens with one attached hydrogen (secondary N) is 1. The van der Waals surface area contributed by atoms with Crippen molar-refractivity contribution in [2.75, 3.05) is 11.6 Å². The third kappa shape index (κ3) is 4.55. The first-order valence-corrected chi connectivity index (χ1v) is 12.6.